The molecule has 0 radical (unpaired) electrons. The summed E-state index contributed by atoms with van der Waals surface area (Å²) < 4.78 is 6.85. The highest BCUT2D eigenvalue weighted by atomic mass is 127. The van der Waals surface area contributed by atoms with Gasteiger partial charge in [-0.05, 0) is 32.6 Å². The first-order valence-corrected chi connectivity index (χ1v) is 6.94. The maximum Gasteiger partial charge on any atom is 0.0845 e. The number of rotatable bonds is 4. The van der Waals surface area contributed by atoms with Crippen LogP contribution in [-0.4, -0.2) is 27.3 Å². The van der Waals surface area contributed by atoms with Gasteiger partial charge in [0.05, 0.1) is 17.8 Å². The Labute approximate surface area is 101 Å². The van der Waals surface area contributed by atoms with Crippen molar-refractivity contribution >= 4 is 22.6 Å². The summed E-state index contributed by atoms with van der Waals surface area (Å²) in [6.45, 7) is 6.34. The molecule has 0 amide bonds. The van der Waals surface area contributed by atoms with E-state index in [1.54, 1.807) is 0 Å². The van der Waals surface area contributed by atoms with Gasteiger partial charge in [-0.3, -0.25) is 0 Å². The molecular formula is C11H21IO2. The molecule has 2 nitrogen and oxygen atoms in total. The van der Waals surface area contributed by atoms with Gasteiger partial charge >= 0.3 is 0 Å². The van der Waals surface area contributed by atoms with E-state index in [1.165, 1.54) is 0 Å². The molecule has 1 saturated heterocycles. The lowest BCUT2D eigenvalue weighted by Crippen LogP contribution is -2.35. The van der Waals surface area contributed by atoms with Crippen LogP contribution in [0.4, 0.5) is 0 Å². The number of aliphatic hydroxyl groups is 1. The van der Waals surface area contributed by atoms with Gasteiger partial charge in [0.1, 0.15) is 0 Å². The zero-order valence-electron chi connectivity index (χ0n) is 9.29. The summed E-state index contributed by atoms with van der Waals surface area (Å²) >= 11 is 2.34. The molecule has 0 spiro atoms. The maximum absolute atomic E-state index is 10.1. The lowest BCUT2D eigenvalue weighted by atomic mass is 9.95. The lowest BCUT2D eigenvalue weighted by molar-refractivity contribution is -0.0851. The fraction of sp³-hybridized carbons (Fsp3) is 1.00. The number of hydrogen-bond donors (Lipinski definition) is 1. The summed E-state index contributed by atoms with van der Waals surface area (Å²) in [5, 5.41) is 10.1. The Kier molecular flexibility index (Phi) is 4.65. The molecule has 3 heteroatoms. The molecule has 1 N–H and O–H groups in total. The highest BCUT2D eigenvalue weighted by molar-refractivity contribution is 14.1. The molecule has 0 aliphatic carbocycles. The predicted molar refractivity (Wildman–Crippen MR) is 66.9 cm³/mol. The minimum Gasteiger partial charge on any atom is -0.390 e. The summed E-state index contributed by atoms with van der Waals surface area (Å²) in [6.07, 6.45) is 2.88. The standard InChI is InChI=1S/C11H21IO2/c1-4-8(7-12)10(13)9-5-6-11(2,3)14-9/h8-10,13H,4-7H2,1-3H3. The van der Waals surface area contributed by atoms with Gasteiger partial charge in [-0.15, -0.1) is 0 Å². The van der Waals surface area contributed by atoms with Crippen molar-refractivity contribution in [1.29, 1.82) is 0 Å². The minimum absolute atomic E-state index is 0.0325. The third-order valence-electron chi connectivity index (χ3n) is 3.09. The molecule has 1 aliphatic heterocycles. The molecule has 3 atom stereocenters. The molecule has 14 heavy (non-hydrogen) atoms. The fourth-order valence-corrected chi connectivity index (χ4v) is 3.15. The molecule has 3 unspecified atom stereocenters. The number of hydrogen-bond acceptors (Lipinski definition) is 2. The molecule has 0 aromatic carbocycles. The van der Waals surface area contributed by atoms with E-state index in [0.717, 1.165) is 23.7 Å². The van der Waals surface area contributed by atoms with Crippen molar-refractivity contribution in [3.63, 3.8) is 0 Å². The zero-order valence-corrected chi connectivity index (χ0v) is 11.5. The van der Waals surface area contributed by atoms with Crippen molar-refractivity contribution in [3.05, 3.63) is 0 Å². The van der Waals surface area contributed by atoms with Crippen LogP contribution in [0.3, 0.4) is 0 Å². The Morgan fingerprint density at radius 2 is 2.21 bits per heavy atom. The van der Waals surface area contributed by atoms with Gasteiger partial charge in [-0.1, -0.05) is 35.9 Å². The summed E-state index contributed by atoms with van der Waals surface area (Å²) in [5.41, 5.74) is -0.0325. The summed E-state index contributed by atoms with van der Waals surface area (Å²) in [4.78, 5) is 0. The average Bonchev–Trinajstić information content (AvgIpc) is 2.48. The van der Waals surface area contributed by atoms with Gasteiger partial charge in [0.15, 0.2) is 0 Å². The van der Waals surface area contributed by atoms with Crippen LogP contribution in [-0.2, 0) is 4.74 Å². The molecule has 84 valence electrons. The Bertz CT molecular complexity index is 178. The Morgan fingerprint density at radius 1 is 1.57 bits per heavy atom. The molecule has 1 fully saturated rings. The molecule has 1 aliphatic rings. The van der Waals surface area contributed by atoms with Crippen LogP contribution < -0.4 is 0 Å². The molecule has 1 heterocycles. The van der Waals surface area contributed by atoms with E-state index >= 15 is 0 Å². The minimum atomic E-state index is -0.279. The van der Waals surface area contributed by atoms with E-state index < -0.39 is 0 Å². The van der Waals surface area contributed by atoms with Gasteiger partial charge in [-0.25, -0.2) is 0 Å². The SMILES string of the molecule is CCC(CI)C(O)C1CCC(C)(C)O1. The second kappa shape index (κ2) is 5.12. The number of ether oxygens (including phenoxy) is 1. The molecule has 0 saturated carbocycles. The fourth-order valence-electron chi connectivity index (χ4n) is 2.00. The summed E-state index contributed by atoms with van der Waals surface area (Å²) in [7, 11) is 0. The van der Waals surface area contributed by atoms with E-state index in [-0.39, 0.29) is 17.8 Å². The first kappa shape index (κ1) is 12.7. The van der Waals surface area contributed by atoms with Crippen LogP contribution in [0, 0.1) is 5.92 Å². The van der Waals surface area contributed by atoms with Crippen molar-refractivity contribution in [2.45, 2.75) is 57.8 Å². The normalized spacial score (nSPS) is 30.2. The molecule has 1 rings (SSSR count). The Hall–Kier alpha value is 0.650. The van der Waals surface area contributed by atoms with E-state index in [2.05, 4.69) is 43.4 Å². The molecular weight excluding hydrogens is 291 g/mol. The van der Waals surface area contributed by atoms with Gasteiger partial charge in [0, 0.05) is 4.43 Å². The van der Waals surface area contributed by atoms with Crippen molar-refractivity contribution < 1.29 is 9.84 Å². The maximum atomic E-state index is 10.1. The second-order valence-electron chi connectivity index (χ2n) is 4.77. The van der Waals surface area contributed by atoms with Crippen LogP contribution in [0.2, 0.25) is 0 Å². The third-order valence-corrected chi connectivity index (χ3v) is 4.22. The predicted octanol–water partition coefficient (Wildman–Crippen LogP) is 2.77. The van der Waals surface area contributed by atoms with E-state index in [4.69, 9.17) is 4.74 Å². The number of halogens is 1. The van der Waals surface area contributed by atoms with Crippen LogP contribution >= 0.6 is 22.6 Å². The van der Waals surface area contributed by atoms with E-state index in [9.17, 15) is 5.11 Å². The monoisotopic (exact) mass is 312 g/mol. The van der Waals surface area contributed by atoms with Crippen LogP contribution in [0.15, 0.2) is 0 Å². The quantitative estimate of drug-likeness (QED) is 0.639. The van der Waals surface area contributed by atoms with Crippen LogP contribution in [0.5, 0.6) is 0 Å². The second-order valence-corrected chi connectivity index (χ2v) is 5.65. The van der Waals surface area contributed by atoms with Crippen molar-refractivity contribution in [2.75, 3.05) is 4.43 Å². The van der Waals surface area contributed by atoms with E-state index in [0.29, 0.717) is 5.92 Å². The number of alkyl halides is 1. The molecule has 0 aromatic rings. The van der Waals surface area contributed by atoms with Crippen LogP contribution in [0.1, 0.15) is 40.0 Å². The van der Waals surface area contributed by atoms with Crippen LogP contribution in [0.25, 0.3) is 0 Å². The largest absolute Gasteiger partial charge is 0.390 e. The van der Waals surface area contributed by atoms with Gasteiger partial charge in [0.2, 0.25) is 0 Å². The highest BCUT2D eigenvalue weighted by Gasteiger charge is 2.37. The lowest BCUT2D eigenvalue weighted by Gasteiger charge is -2.27. The van der Waals surface area contributed by atoms with E-state index in [1.807, 2.05) is 0 Å². The number of aliphatic hydroxyl groups excluding tert-OH is 1. The van der Waals surface area contributed by atoms with Crippen molar-refractivity contribution in [2.24, 2.45) is 5.92 Å². The smallest absolute Gasteiger partial charge is 0.0845 e. The summed E-state index contributed by atoms with van der Waals surface area (Å²) in [6, 6.07) is 0. The van der Waals surface area contributed by atoms with Gasteiger partial charge in [0.25, 0.3) is 0 Å². The van der Waals surface area contributed by atoms with Crippen molar-refractivity contribution in [3.8, 4) is 0 Å². The summed E-state index contributed by atoms with van der Waals surface area (Å²) in [5.74, 6) is 0.384. The Balaban J connectivity index is 2.50. The van der Waals surface area contributed by atoms with Crippen molar-refractivity contribution in [1.82, 2.24) is 0 Å². The zero-order chi connectivity index (χ0) is 10.8. The first-order chi connectivity index (χ1) is 6.50. The van der Waals surface area contributed by atoms with Gasteiger partial charge in [-0.2, -0.15) is 0 Å². The molecule has 0 aromatic heterocycles. The molecule has 0 bridgehead atoms. The third kappa shape index (κ3) is 3.07. The Morgan fingerprint density at radius 3 is 2.57 bits per heavy atom. The average molecular weight is 312 g/mol. The first-order valence-electron chi connectivity index (χ1n) is 5.42. The van der Waals surface area contributed by atoms with Gasteiger partial charge < -0.3 is 9.84 Å². The topological polar surface area (TPSA) is 29.5 Å². The highest BCUT2D eigenvalue weighted by Crippen LogP contribution is 2.33.